The van der Waals surface area contributed by atoms with Gasteiger partial charge in [0.25, 0.3) is 0 Å². The summed E-state index contributed by atoms with van der Waals surface area (Å²) < 4.78 is 22.7. The number of aliphatic hydroxyl groups excluding tert-OH is 8. The number of ether oxygens (including phenoxy) is 4. The first kappa shape index (κ1) is 72.5. The van der Waals surface area contributed by atoms with Crippen LogP contribution in [0.1, 0.15) is 194 Å². The molecule has 0 aromatic rings. The fraction of sp³-hybridized carbons (Fsp3) is 0.682. The number of allylic oxidation sites excluding steroid dienone is 19. The van der Waals surface area contributed by atoms with Crippen LogP contribution in [0.25, 0.3) is 0 Å². The van der Waals surface area contributed by atoms with Gasteiger partial charge in [-0.1, -0.05) is 219 Å². The average molecular weight is 1120 g/mol. The fourth-order valence-corrected chi connectivity index (χ4v) is 9.22. The number of unbranched alkanes of at least 4 members (excludes halogenated alkanes) is 16. The molecule has 1 amide bonds. The van der Waals surface area contributed by atoms with Crippen molar-refractivity contribution >= 4 is 5.91 Å². The Labute approximate surface area is 482 Å². The van der Waals surface area contributed by atoms with Crippen LogP contribution in [0.5, 0.6) is 0 Å². The van der Waals surface area contributed by atoms with Gasteiger partial charge in [0.15, 0.2) is 12.6 Å². The predicted molar refractivity (Wildman–Crippen MR) is 322 cm³/mol. The van der Waals surface area contributed by atoms with Crippen LogP contribution in [0.15, 0.2) is 122 Å². The normalized spacial score (nSPS) is 25.1. The quantitative estimate of drug-likeness (QED) is 0.0204. The van der Waals surface area contributed by atoms with Crippen LogP contribution in [-0.4, -0.2) is 140 Å². The molecule has 2 aliphatic heterocycles. The molecule has 14 nitrogen and oxygen atoms in total. The zero-order valence-corrected chi connectivity index (χ0v) is 49.0. The van der Waals surface area contributed by atoms with Crippen molar-refractivity contribution in [3.8, 4) is 0 Å². The summed E-state index contributed by atoms with van der Waals surface area (Å²) in [5.74, 6) is -0.258. The minimum absolute atomic E-state index is 0.258. The molecule has 0 aromatic carbocycles. The molecular weight excluding hydrogens is 1010 g/mol. The summed E-state index contributed by atoms with van der Waals surface area (Å²) in [4.78, 5) is 13.2. The van der Waals surface area contributed by atoms with Gasteiger partial charge in [-0.3, -0.25) is 4.79 Å². The Morgan fingerprint density at radius 2 is 0.863 bits per heavy atom. The molecule has 80 heavy (non-hydrogen) atoms. The fourth-order valence-electron chi connectivity index (χ4n) is 9.22. The number of nitrogens with one attached hydrogen (secondary N) is 1. The second-order valence-corrected chi connectivity index (χ2v) is 21.1. The number of hydrogen-bond acceptors (Lipinski definition) is 13. The van der Waals surface area contributed by atoms with Crippen LogP contribution in [0.2, 0.25) is 0 Å². The summed E-state index contributed by atoms with van der Waals surface area (Å²) >= 11 is 0. The Morgan fingerprint density at radius 1 is 0.463 bits per heavy atom. The molecule has 0 bridgehead atoms. The number of amides is 1. The molecule has 2 heterocycles. The van der Waals surface area contributed by atoms with Gasteiger partial charge in [-0.15, -0.1) is 0 Å². The Morgan fingerprint density at radius 3 is 1.32 bits per heavy atom. The summed E-state index contributed by atoms with van der Waals surface area (Å²) in [6, 6.07) is -0.928. The zero-order valence-electron chi connectivity index (χ0n) is 49.0. The van der Waals surface area contributed by atoms with Gasteiger partial charge in [0, 0.05) is 6.42 Å². The van der Waals surface area contributed by atoms with Crippen molar-refractivity contribution < 1.29 is 64.6 Å². The van der Waals surface area contributed by atoms with Gasteiger partial charge in [0.05, 0.1) is 32.0 Å². The van der Waals surface area contributed by atoms with Crippen LogP contribution >= 0.6 is 0 Å². The van der Waals surface area contributed by atoms with E-state index in [9.17, 15) is 45.6 Å². The Kier molecular flexibility index (Phi) is 45.3. The maximum absolute atomic E-state index is 13.2. The van der Waals surface area contributed by atoms with Crippen molar-refractivity contribution in [2.75, 3.05) is 19.8 Å². The molecule has 12 unspecified atom stereocenters. The SMILES string of the molecule is CC/C=C\C/C=C\C/C=C\C/C=C\C/C=C\C/C=C\C/C=C\C/C=C\C/C=C\CCCCCCCCCC(=O)NC(COC1OC(CO)C(OC2OC(CO)C(O)C(O)C2O)C(O)C1O)C(O)/C=C/CCCCCCCCCCC. The monoisotopic (exact) mass is 1120 g/mol. The second kappa shape index (κ2) is 50.0. The Hall–Kier alpha value is -3.61. The standard InChI is InChI=1S/C66H109NO13/c1-3-5-7-9-11-13-15-16-17-18-19-20-21-22-23-24-25-26-27-28-29-30-31-32-33-34-35-36-37-38-40-42-44-46-48-50-58(71)67-54(55(70)49-47-45-43-41-39-14-12-10-8-6-4-2)53-77-65-63(76)61(74)64(57(52-69)79-65)80-66-62(75)60(73)59(72)56(51-68)78-66/h5,7,11,13,16-17,19-20,22-23,25-26,28-29,31-32,34-35,47,49,54-57,59-66,68-70,72-76H,3-4,6,8-10,12,14-15,18,21,24,27,30,33,36-46,48,50-53H2,1-2H3,(H,67,71)/b7-5-,13-11-,17-16-,20-19-,23-22-,26-25-,29-28-,32-31-,35-34-,49-47+. The molecule has 0 saturated carbocycles. The van der Waals surface area contributed by atoms with Gasteiger partial charge < -0.3 is 65.1 Å². The minimum Gasteiger partial charge on any atom is -0.394 e. The molecule has 2 fully saturated rings. The van der Waals surface area contributed by atoms with Gasteiger partial charge in [-0.05, 0) is 89.9 Å². The van der Waals surface area contributed by atoms with E-state index in [2.05, 4.69) is 129 Å². The second-order valence-electron chi connectivity index (χ2n) is 21.1. The van der Waals surface area contributed by atoms with E-state index >= 15 is 0 Å². The van der Waals surface area contributed by atoms with Gasteiger partial charge in [-0.2, -0.15) is 0 Å². The van der Waals surface area contributed by atoms with Crippen molar-refractivity contribution in [1.82, 2.24) is 5.32 Å². The summed E-state index contributed by atoms with van der Waals surface area (Å²) in [5, 5.41) is 86.9. The molecule has 0 aliphatic carbocycles. The first-order valence-corrected chi connectivity index (χ1v) is 30.8. The van der Waals surface area contributed by atoms with E-state index in [1.165, 1.54) is 38.5 Å². The highest BCUT2D eigenvalue weighted by atomic mass is 16.7. The third-order valence-electron chi connectivity index (χ3n) is 14.2. The Balaban J connectivity index is 1.66. The van der Waals surface area contributed by atoms with E-state index < -0.39 is 86.8 Å². The van der Waals surface area contributed by atoms with Crippen molar-refractivity contribution in [3.05, 3.63) is 122 Å². The lowest BCUT2D eigenvalue weighted by molar-refractivity contribution is -0.359. The lowest BCUT2D eigenvalue weighted by Gasteiger charge is -2.46. The highest BCUT2D eigenvalue weighted by Gasteiger charge is 2.51. The van der Waals surface area contributed by atoms with Crippen LogP contribution in [0.4, 0.5) is 0 Å². The van der Waals surface area contributed by atoms with Gasteiger partial charge in [0.1, 0.15) is 48.8 Å². The number of hydrogen-bond donors (Lipinski definition) is 9. The maximum Gasteiger partial charge on any atom is 0.220 e. The Bertz CT molecular complexity index is 1800. The van der Waals surface area contributed by atoms with Crippen molar-refractivity contribution in [1.29, 1.82) is 0 Å². The zero-order chi connectivity index (χ0) is 58.1. The molecule has 456 valence electrons. The van der Waals surface area contributed by atoms with Crippen LogP contribution in [0, 0.1) is 0 Å². The van der Waals surface area contributed by atoms with Crippen LogP contribution in [0.3, 0.4) is 0 Å². The molecule has 2 saturated heterocycles. The number of aliphatic hydroxyl groups is 8. The maximum atomic E-state index is 13.2. The highest BCUT2D eigenvalue weighted by Crippen LogP contribution is 2.30. The van der Waals surface area contributed by atoms with Crippen LogP contribution in [-0.2, 0) is 23.7 Å². The van der Waals surface area contributed by atoms with E-state index in [0.29, 0.717) is 6.42 Å². The number of carbonyl (C=O) groups is 1. The molecule has 9 N–H and O–H groups in total. The van der Waals surface area contributed by atoms with E-state index in [0.717, 1.165) is 128 Å². The third kappa shape index (κ3) is 34.7. The summed E-state index contributed by atoms with van der Waals surface area (Å²) in [6.07, 6.45) is 55.3. The molecular formula is C66H109NO13. The lowest BCUT2D eigenvalue weighted by atomic mass is 9.97. The average Bonchev–Trinajstić information content (AvgIpc) is 3.46. The summed E-state index contributed by atoms with van der Waals surface area (Å²) in [5.41, 5.74) is 0. The van der Waals surface area contributed by atoms with E-state index in [1.54, 1.807) is 6.08 Å². The molecule has 2 aliphatic rings. The third-order valence-corrected chi connectivity index (χ3v) is 14.2. The van der Waals surface area contributed by atoms with E-state index in [-0.39, 0.29) is 18.9 Å². The summed E-state index contributed by atoms with van der Waals surface area (Å²) in [6.45, 7) is 2.63. The molecule has 14 heteroatoms. The van der Waals surface area contributed by atoms with Crippen molar-refractivity contribution in [2.24, 2.45) is 0 Å². The largest absolute Gasteiger partial charge is 0.394 e. The van der Waals surface area contributed by atoms with Crippen molar-refractivity contribution in [3.63, 3.8) is 0 Å². The molecule has 2 rings (SSSR count). The van der Waals surface area contributed by atoms with E-state index in [1.807, 2.05) is 6.08 Å². The molecule has 12 atom stereocenters. The van der Waals surface area contributed by atoms with Gasteiger partial charge in [0.2, 0.25) is 5.91 Å². The van der Waals surface area contributed by atoms with Crippen molar-refractivity contribution in [2.45, 2.75) is 267 Å². The topological polar surface area (TPSA) is 228 Å². The first-order chi connectivity index (χ1) is 39.1. The highest BCUT2D eigenvalue weighted by molar-refractivity contribution is 5.76. The van der Waals surface area contributed by atoms with E-state index in [4.69, 9.17) is 18.9 Å². The minimum atomic E-state index is -1.79. The van der Waals surface area contributed by atoms with Gasteiger partial charge in [-0.25, -0.2) is 0 Å². The van der Waals surface area contributed by atoms with Crippen LogP contribution < -0.4 is 5.32 Å². The van der Waals surface area contributed by atoms with Gasteiger partial charge >= 0.3 is 0 Å². The number of carbonyl (C=O) groups excluding carboxylic acids is 1. The number of rotatable bonds is 47. The lowest BCUT2D eigenvalue weighted by Crippen LogP contribution is -2.65. The summed E-state index contributed by atoms with van der Waals surface area (Å²) in [7, 11) is 0. The smallest absolute Gasteiger partial charge is 0.220 e. The predicted octanol–water partition coefficient (Wildman–Crippen LogP) is 11.0. The molecule has 0 spiro atoms. The molecule has 0 radical (unpaired) electrons. The first-order valence-electron chi connectivity index (χ1n) is 30.8. The molecule has 0 aromatic heterocycles.